The van der Waals surface area contributed by atoms with Gasteiger partial charge in [0.25, 0.3) is 0 Å². The Balaban J connectivity index is 1.42. The molecule has 1 fully saturated rings. The predicted octanol–water partition coefficient (Wildman–Crippen LogP) is 4.69. The highest BCUT2D eigenvalue weighted by atomic mass is 19.1. The molecule has 4 aromatic rings. The minimum atomic E-state index is -0.867. The summed E-state index contributed by atoms with van der Waals surface area (Å²) in [6.07, 6.45) is 5.27. The molecule has 0 spiro atoms. The molecule has 1 saturated heterocycles. The van der Waals surface area contributed by atoms with Crippen molar-refractivity contribution in [1.82, 2.24) is 25.0 Å². The summed E-state index contributed by atoms with van der Waals surface area (Å²) in [6.45, 7) is 6.33. The van der Waals surface area contributed by atoms with Gasteiger partial charge in [0.2, 0.25) is 5.95 Å². The molecule has 1 aliphatic heterocycles. The molecule has 33 heavy (non-hydrogen) atoms. The van der Waals surface area contributed by atoms with Crippen molar-refractivity contribution in [2.24, 2.45) is 5.41 Å². The second kappa shape index (κ2) is 8.38. The molecule has 0 unspecified atom stereocenters. The number of piperidine rings is 1. The van der Waals surface area contributed by atoms with Gasteiger partial charge in [0.05, 0.1) is 12.4 Å². The minimum absolute atomic E-state index is 0.00975. The van der Waals surface area contributed by atoms with E-state index in [1.165, 1.54) is 4.68 Å². The number of rotatable bonds is 5. The molecular formula is C24H24F2N6O. The lowest BCUT2D eigenvalue weighted by molar-refractivity contribution is 0.275. The van der Waals surface area contributed by atoms with Crippen LogP contribution in [0.3, 0.4) is 0 Å². The smallest absolute Gasteiger partial charge is 0.225 e. The van der Waals surface area contributed by atoms with Crippen LogP contribution in [0.4, 0.5) is 14.7 Å². The molecule has 5 rings (SSSR count). The van der Waals surface area contributed by atoms with Crippen molar-refractivity contribution in [3.63, 3.8) is 0 Å². The van der Waals surface area contributed by atoms with Crippen molar-refractivity contribution in [2.45, 2.75) is 33.3 Å². The van der Waals surface area contributed by atoms with E-state index in [1.54, 1.807) is 12.4 Å². The zero-order valence-electron chi connectivity index (χ0n) is 18.5. The van der Waals surface area contributed by atoms with Gasteiger partial charge >= 0.3 is 0 Å². The van der Waals surface area contributed by atoms with Crippen LogP contribution in [-0.4, -0.2) is 38.1 Å². The zero-order chi connectivity index (χ0) is 23.0. The maximum Gasteiger partial charge on any atom is 0.225 e. The Morgan fingerprint density at radius 3 is 2.42 bits per heavy atom. The number of fused-ring (bicyclic) bond motifs is 1. The Morgan fingerprint density at radius 2 is 1.73 bits per heavy atom. The number of halogens is 2. The molecule has 0 aliphatic carbocycles. The van der Waals surface area contributed by atoms with Crippen LogP contribution in [0.1, 0.15) is 32.3 Å². The van der Waals surface area contributed by atoms with Gasteiger partial charge in [-0.15, -0.1) is 5.10 Å². The average molecular weight is 450 g/mol. The third-order valence-corrected chi connectivity index (χ3v) is 6.08. The summed E-state index contributed by atoms with van der Waals surface area (Å²) in [5.74, 6) is -1.55. The van der Waals surface area contributed by atoms with E-state index in [4.69, 9.17) is 4.74 Å². The second-order valence-corrected chi connectivity index (χ2v) is 9.04. The first-order valence-corrected chi connectivity index (χ1v) is 10.9. The van der Waals surface area contributed by atoms with E-state index in [1.807, 2.05) is 30.3 Å². The minimum Gasteiger partial charge on any atom is -0.483 e. The summed E-state index contributed by atoms with van der Waals surface area (Å²) in [4.78, 5) is 11.1. The number of ether oxygens (including phenoxy) is 1. The molecule has 0 radical (unpaired) electrons. The van der Waals surface area contributed by atoms with E-state index in [2.05, 4.69) is 39.0 Å². The molecule has 3 heterocycles. The Morgan fingerprint density at radius 1 is 1.03 bits per heavy atom. The van der Waals surface area contributed by atoms with Crippen molar-refractivity contribution in [3.8, 4) is 11.4 Å². The third-order valence-electron chi connectivity index (χ3n) is 6.08. The zero-order valence-corrected chi connectivity index (χ0v) is 18.5. The Bertz CT molecular complexity index is 1260. The fourth-order valence-electron chi connectivity index (χ4n) is 3.94. The summed E-state index contributed by atoms with van der Waals surface area (Å²) in [6, 6.07) is 10.3. The Hall–Kier alpha value is -3.62. The monoisotopic (exact) mass is 450 g/mol. The normalized spacial score (nSPS) is 15.7. The fraction of sp³-hybridized carbons (Fsp3) is 0.333. The number of hydrogen-bond acceptors (Lipinski definition) is 6. The van der Waals surface area contributed by atoms with Gasteiger partial charge < -0.3 is 9.64 Å². The molecule has 0 N–H and O–H groups in total. The van der Waals surface area contributed by atoms with Gasteiger partial charge in [-0.25, -0.2) is 23.4 Å². The molecule has 1 aliphatic rings. The quantitative estimate of drug-likeness (QED) is 0.439. The van der Waals surface area contributed by atoms with Crippen LogP contribution in [0.2, 0.25) is 0 Å². The average Bonchev–Trinajstić information content (AvgIpc) is 3.24. The second-order valence-electron chi connectivity index (χ2n) is 9.04. The van der Waals surface area contributed by atoms with Crippen molar-refractivity contribution < 1.29 is 13.5 Å². The first-order valence-electron chi connectivity index (χ1n) is 10.9. The van der Waals surface area contributed by atoms with Gasteiger partial charge in [-0.2, -0.15) is 0 Å². The summed E-state index contributed by atoms with van der Waals surface area (Å²) in [7, 11) is 0. The van der Waals surface area contributed by atoms with Gasteiger partial charge in [0, 0.05) is 19.2 Å². The van der Waals surface area contributed by atoms with E-state index in [0.29, 0.717) is 17.1 Å². The van der Waals surface area contributed by atoms with Crippen molar-refractivity contribution >= 4 is 17.0 Å². The third kappa shape index (κ3) is 4.22. The lowest BCUT2D eigenvalue weighted by Gasteiger charge is -2.36. The SMILES string of the molecule is CC1(C)CCN(c2ncc(-n3nnc4cc(F)c(OCc5ccccc5)c(F)c43)cn2)CC1. The Kier molecular flexibility index (Phi) is 5.39. The maximum atomic E-state index is 15.3. The van der Waals surface area contributed by atoms with Gasteiger partial charge in [-0.3, -0.25) is 0 Å². The fourth-order valence-corrected chi connectivity index (χ4v) is 3.94. The van der Waals surface area contributed by atoms with Crippen LogP contribution in [0.25, 0.3) is 16.7 Å². The van der Waals surface area contributed by atoms with Crippen LogP contribution >= 0.6 is 0 Å². The first-order chi connectivity index (χ1) is 15.9. The van der Waals surface area contributed by atoms with Crippen LogP contribution in [0.15, 0.2) is 48.8 Å². The molecule has 0 saturated carbocycles. The van der Waals surface area contributed by atoms with Gasteiger partial charge in [-0.1, -0.05) is 49.4 Å². The van der Waals surface area contributed by atoms with E-state index in [9.17, 15) is 4.39 Å². The topological polar surface area (TPSA) is 69.0 Å². The van der Waals surface area contributed by atoms with Crippen molar-refractivity contribution in [3.05, 3.63) is 66.0 Å². The molecule has 0 atom stereocenters. The van der Waals surface area contributed by atoms with E-state index >= 15 is 4.39 Å². The molecule has 0 bridgehead atoms. The Labute approximate surface area is 190 Å². The van der Waals surface area contributed by atoms with E-state index in [0.717, 1.165) is 37.6 Å². The molecule has 2 aromatic heterocycles. The van der Waals surface area contributed by atoms with Crippen LogP contribution in [-0.2, 0) is 6.61 Å². The molecule has 9 heteroatoms. The maximum absolute atomic E-state index is 15.3. The van der Waals surface area contributed by atoms with Gasteiger partial charge in [0.15, 0.2) is 17.4 Å². The number of nitrogens with zero attached hydrogens (tertiary/aromatic N) is 6. The van der Waals surface area contributed by atoms with E-state index < -0.39 is 17.4 Å². The van der Waals surface area contributed by atoms with Gasteiger partial charge in [-0.05, 0) is 23.8 Å². The molecule has 170 valence electrons. The van der Waals surface area contributed by atoms with Crippen LogP contribution in [0.5, 0.6) is 5.75 Å². The highest BCUT2D eigenvalue weighted by Gasteiger charge is 2.27. The summed E-state index contributed by atoms with van der Waals surface area (Å²) < 4.78 is 36.6. The molecule has 0 amide bonds. The van der Waals surface area contributed by atoms with Gasteiger partial charge in [0.1, 0.15) is 23.3 Å². The predicted molar refractivity (Wildman–Crippen MR) is 120 cm³/mol. The molecule has 2 aromatic carbocycles. The summed E-state index contributed by atoms with van der Waals surface area (Å²) in [5, 5.41) is 7.91. The number of anilines is 1. The standard InChI is InChI=1S/C24H24F2N6O/c1-24(2)8-10-31(11-9-24)23-27-13-17(14-28-23)32-21-19(29-30-32)12-18(25)22(20(21)26)33-15-16-6-4-3-5-7-16/h3-7,12-14H,8-11,15H2,1-2H3. The van der Waals surface area contributed by atoms with Crippen LogP contribution in [0, 0.1) is 17.0 Å². The number of benzene rings is 2. The molecule has 7 nitrogen and oxygen atoms in total. The summed E-state index contributed by atoms with van der Waals surface area (Å²) >= 11 is 0. The van der Waals surface area contributed by atoms with Crippen LogP contribution < -0.4 is 9.64 Å². The summed E-state index contributed by atoms with van der Waals surface area (Å²) in [5.41, 5.74) is 1.64. The molecular weight excluding hydrogens is 426 g/mol. The van der Waals surface area contributed by atoms with Crippen molar-refractivity contribution in [2.75, 3.05) is 18.0 Å². The number of aromatic nitrogens is 5. The van der Waals surface area contributed by atoms with Crippen molar-refractivity contribution in [1.29, 1.82) is 0 Å². The number of hydrogen-bond donors (Lipinski definition) is 0. The first kappa shape index (κ1) is 21.2. The largest absolute Gasteiger partial charge is 0.483 e. The lowest BCUT2D eigenvalue weighted by Crippen LogP contribution is -2.38. The van der Waals surface area contributed by atoms with E-state index in [-0.39, 0.29) is 17.6 Å². The lowest BCUT2D eigenvalue weighted by atomic mass is 9.83. The highest BCUT2D eigenvalue weighted by Crippen LogP contribution is 2.32. The highest BCUT2D eigenvalue weighted by molar-refractivity contribution is 5.79.